The highest BCUT2D eigenvalue weighted by molar-refractivity contribution is 7.45. The number of quaternary nitrogens is 1. The molecule has 0 aromatic heterocycles. The van der Waals surface area contributed by atoms with Gasteiger partial charge in [0, 0.05) is 12.8 Å². The molecule has 62 heavy (non-hydrogen) atoms. The average Bonchev–Trinajstić information content (AvgIpc) is 3.21. The Kier molecular flexibility index (Phi) is 39.4. The number of aliphatic hydroxyl groups excluding tert-OH is 2. The smallest absolute Gasteiger partial charge is 0.306 e. The van der Waals surface area contributed by atoms with E-state index in [0.29, 0.717) is 43.1 Å². The number of unbranched alkanes of at least 4 members (excludes halogenated alkanes) is 17. The van der Waals surface area contributed by atoms with E-state index in [2.05, 4.69) is 13.8 Å². The molecule has 0 bridgehead atoms. The van der Waals surface area contributed by atoms with Crippen LogP contribution in [0.1, 0.15) is 168 Å². The van der Waals surface area contributed by atoms with Crippen LogP contribution in [0.5, 0.6) is 0 Å². The molecular formula is C50H88NO10P. The fourth-order valence-electron chi connectivity index (χ4n) is 6.16. The summed E-state index contributed by atoms with van der Waals surface area (Å²) in [5, 5.41) is 20.1. The molecule has 0 fully saturated rings. The van der Waals surface area contributed by atoms with Crippen molar-refractivity contribution in [2.75, 3.05) is 47.5 Å². The summed E-state index contributed by atoms with van der Waals surface area (Å²) >= 11 is 0. The van der Waals surface area contributed by atoms with Crippen molar-refractivity contribution in [2.45, 2.75) is 186 Å². The van der Waals surface area contributed by atoms with Gasteiger partial charge in [-0.15, -0.1) is 0 Å². The highest BCUT2D eigenvalue weighted by Gasteiger charge is 2.21. The molecule has 4 atom stereocenters. The van der Waals surface area contributed by atoms with E-state index < -0.39 is 44.7 Å². The summed E-state index contributed by atoms with van der Waals surface area (Å²) in [5.41, 5.74) is 0. The van der Waals surface area contributed by atoms with Crippen molar-refractivity contribution in [1.82, 2.24) is 0 Å². The van der Waals surface area contributed by atoms with Crippen molar-refractivity contribution in [3.05, 3.63) is 72.9 Å². The number of allylic oxidation sites excluding steroid dienone is 8. The lowest BCUT2D eigenvalue weighted by atomic mass is 10.0. The lowest BCUT2D eigenvalue weighted by Crippen LogP contribution is -2.37. The third-order valence-electron chi connectivity index (χ3n) is 9.92. The molecule has 0 rings (SSSR count). The van der Waals surface area contributed by atoms with Gasteiger partial charge in [0.05, 0.1) is 40.0 Å². The van der Waals surface area contributed by atoms with E-state index in [1.165, 1.54) is 83.5 Å². The number of aliphatic hydroxyl groups is 2. The minimum atomic E-state index is -4.69. The molecule has 1 unspecified atom stereocenters. The van der Waals surface area contributed by atoms with Gasteiger partial charge in [0.15, 0.2) is 6.10 Å². The Labute approximate surface area is 377 Å². The van der Waals surface area contributed by atoms with Crippen LogP contribution in [-0.4, -0.2) is 92.5 Å². The fraction of sp³-hybridized carbons (Fsp3) is 0.720. The molecule has 0 radical (unpaired) electrons. The maximum absolute atomic E-state index is 12.7. The number of phosphoric acid groups is 1. The Balaban J connectivity index is 4.55. The SMILES string of the molecule is CC/C=C\C[C@H](O)/C=C/C=C\C/C=C\C=C\[C@H](O)/C=C\CCCC(=O)O[C@H](COC(=O)CCCCCCCCCCCCCCCCCCC)COP(=O)([O-])OCC[N+](C)(C)C. The van der Waals surface area contributed by atoms with Crippen LogP contribution in [0, 0.1) is 0 Å². The maximum atomic E-state index is 12.7. The predicted octanol–water partition coefficient (Wildman–Crippen LogP) is 11.1. The van der Waals surface area contributed by atoms with Crippen molar-refractivity contribution >= 4 is 19.8 Å². The van der Waals surface area contributed by atoms with Gasteiger partial charge in [0.1, 0.15) is 19.8 Å². The molecular weight excluding hydrogens is 806 g/mol. The maximum Gasteiger partial charge on any atom is 0.306 e. The zero-order valence-corrected chi connectivity index (χ0v) is 40.4. The summed E-state index contributed by atoms with van der Waals surface area (Å²) in [6, 6.07) is 0. The number of hydrogen-bond donors (Lipinski definition) is 2. The highest BCUT2D eigenvalue weighted by atomic mass is 31.2. The third kappa shape index (κ3) is 44.0. The molecule has 0 aromatic carbocycles. The first-order valence-corrected chi connectivity index (χ1v) is 25.3. The zero-order valence-electron chi connectivity index (χ0n) is 39.5. The van der Waals surface area contributed by atoms with Crippen molar-refractivity contribution in [1.29, 1.82) is 0 Å². The Morgan fingerprint density at radius 3 is 1.74 bits per heavy atom. The van der Waals surface area contributed by atoms with Gasteiger partial charge in [-0.05, 0) is 38.5 Å². The molecule has 0 aromatic rings. The number of phosphoric ester groups is 1. The second kappa shape index (κ2) is 41.1. The van der Waals surface area contributed by atoms with Crippen LogP contribution in [0.25, 0.3) is 0 Å². The summed E-state index contributed by atoms with van der Waals surface area (Å²) in [4.78, 5) is 37.6. The van der Waals surface area contributed by atoms with E-state index in [1.54, 1.807) is 30.4 Å². The van der Waals surface area contributed by atoms with E-state index in [9.17, 15) is 29.3 Å². The first-order valence-electron chi connectivity index (χ1n) is 23.9. The molecule has 0 heterocycles. The number of rotatable bonds is 42. The van der Waals surface area contributed by atoms with Crippen LogP contribution >= 0.6 is 7.82 Å². The van der Waals surface area contributed by atoms with Gasteiger partial charge in [0.2, 0.25) is 0 Å². The van der Waals surface area contributed by atoms with Gasteiger partial charge in [-0.3, -0.25) is 14.2 Å². The topological polar surface area (TPSA) is 152 Å². The van der Waals surface area contributed by atoms with Crippen LogP contribution in [0.4, 0.5) is 0 Å². The highest BCUT2D eigenvalue weighted by Crippen LogP contribution is 2.38. The normalized spacial score (nSPS) is 15.2. The Morgan fingerprint density at radius 1 is 0.629 bits per heavy atom. The molecule has 0 aliphatic heterocycles. The molecule has 0 aliphatic carbocycles. The number of hydrogen-bond acceptors (Lipinski definition) is 10. The van der Waals surface area contributed by atoms with Crippen LogP contribution < -0.4 is 4.89 Å². The van der Waals surface area contributed by atoms with Gasteiger partial charge in [-0.2, -0.15) is 0 Å². The summed E-state index contributed by atoms with van der Waals surface area (Å²) in [6.07, 6.45) is 44.3. The summed E-state index contributed by atoms with van der Waals surface area (Å²) < 4.78 is 33.8. The van der Waals surface area contributed by atoms with Crippen molar-refractivity contribution in [2.24, 2.45) is 0 Å². The number of carbonyl (C=O) groups excluding carboxylic acids is 2. The minimum absolute atomic E-state index is 0.0370. The summed E-state index contributed by atoms with van der Waals surface area (Å²) in [6.45, 7) is 3.81. The van der Waals surface area contributed by atoms with E-state index in [1.807, 2.05) is 63.7 Å². The molecule has 12 heteroatoms. The molecule has 0 amide bonds. The number of nitrogens with zero attached hydrogens (tertiary/aromatic N) is 1. The summed E-state index contributed by atoms with van der Waals surface area (Å²) in [5.74, 6) is -1.02. The number of ether oxygens (including phenoxy) is 2. The van der Waals surface area contributed by atoms with E-state index in [-0.39, 0.29) is 26.1 Å². The van der Waals surface area contributed by atoms with Crippen molar-refractivity contribution in [3.63, 3.8) is 0 Å². The molecule has 0 spiro atoms. The van der Waals surface area contributed by atoms with Crippen LogP contribution in [0.2, 0.25) is 0 Å². The molecule has 0 saturated heterocycles. The Morgan fingerprint density at radius 2 is 1.18 bits per heavy atom. The molecule has 0 aliphatic rings. The molecule has 2 N–H and O–H groups in total. The lowest BCUT2D eigenvalue weighted by Gasteiger charge is -2.28. The zero-order chi connectivity index (χ0) is 46.0. The summed E-state index contributed by atoms with van der Waals surface area (Å²) in [7, 11) is 1.03. The predicted molar refractivity (Wildman–Crippen MR) is 252 cm³/mol. The fourth-order valence-corrected chi connectivity index (χ4v) is 6.89. The van der Waals surface area contributed by atoms with Crippen LogP contribution in [-0.2, 0) is 32.7 Å². The molecule has 358 valence electrons. The minimum Gasteiger partial charge on any atom is -0.756 e. The number of likely N-dealkylation sites (N-methyl/N-ethyl adjacent to an activating group) is 1. The Bertz CT molecular complexity index is 1320. The van der Waals surface area contributed by atoms with Crippen molar-refractivity contribution in [3.8, 4) is 0 Å². The van der Waals surface area contributed by atoms with E-state index in [4.69, 9.17) is 18.5 Å². The second-order valence-electron chi connectivity index (χ2n) is 17.1. The average molecular weight is 894 g/mol. The number of esters is 2. The van der Waals surface area contributed by atoms with E-state index in [0.717, 1.165) is 25.7 Å². The first kappa shape index (κ1) is 59.4. The van der Waals surface area contributed by atoms with Crippen LogP contribution in [0.15, 0.2) is 72.9 Å². The number of carbonyl (C=O) groups is 2. The van der Waals surface area contributed by atoms with Gasteiger partial charge in [0.25, 0.3) is 7.82 Å². The van der Waals surface area contributed by atoms with Crippen molar-refractivity contribution < 1.29 is 52.3 Å². The largest absolute Gasteiger partial charge is 0.756 e. The van der Waals surface area contributed by atoms with Gasteiger partial charge >= 0.3 is 11.9 Å². The van der Waals surface area contributed by atoms with Crippen LogP contribution in [0.3, 0.4) is 0 Å². The van der Waals surface area contributed by atoms with Gasteiger partial charge in [-0.25, -0.2) is 0 Å². The standard InChI is InChI=1S/C50H88NO10P/c1-6-8-10-11-12-13-14-15-16-17-18-19-20-21-25-28-34-40-49(54)58-44-48(45-60-62(56,57)59-43-42-51(3,4)5)61-50(55)41-35-29-33-39-47(53)38-32-27-24-22-23-26-31-37-46(52)36-30-9-7-2/h9,23-24,26-27,30-33,37-39,46-48,52-53H,6-8,10-22,25,28-29,34-36,40-45H2,1-5H3/b26-23-,27-24-,30-9-,37-31+,38-32+,39-33-/t46-,47-,48+/m0/s1. The van der Waals surface area contributed by atoms with E-state index >= 15 is 0 Å². The first-order chi connectivity index (χ1) is 29.8. The third-order valence-corrected chi connectivity index (χ3v) is 10.9. The quantitative estimate of drug-likeness (QED) is 0.0151. The second-order valence-corrected chi connectivity index (χ2v) is 18.6. The molecule has 0 saturated carbocycles. The monoisotopic (exact) mass is 894 g/mol. The lowest BCUT2D eigenvalue weighted by molar-refractivity contribution is -0.870. The Hall–Kier alpha value is -2.63. The van der Waals surface area contributed by atoms with Gasteiger partial charge < -0.3 is 38.1 Å². The molecule has 11 nitrogen and oxygen atoms in total. The van der Waals surface area contributed by atoms with Gasteiger partial charge in [-0.1, -0.05) is 189 Å².